The van der Waals surface area contributed by atoms with Crippen LogP contribution in [0.25, 0.3) is 11.1 Å². The van der Waals surface area contributed by atoms with Crippen molar-refractivity contribution >= 4 is 23.9 Å². The molecule has 0 bridgehead atoms. The molecule has 0 spiro atoms. The van der Waals surface area contributed by atoms with Gasteiger partial charge in [0.15, 0.2) is 0 Å². The van der Waals surface area contributed by atoms with E-state index < -0.39 is 42.5 Å². The summed E-state index contributed by atoms with van der Waals surface area (Å²) in [6.07, 6.45) is 4.35. The number of likely N-dealkylation sites (N-methyl/N-ethyl adjacent to an activating group) is 1. The summed E-state index contributed by atoms with van der Waals surface area (Å²) in [6.45, 7) is -0.533. The maximum atomic E-state index is 13.1. The van der Waals surface area contributed by atoms with E-state index in [0.717, 1.165) is 27.2 Å². The number of terminal acetylenes is 1. The number of carboxylic acids is 1. The Kier molecular flexibility index (Phi) is 6.73. The van der Waals surface area contributed by atoms with Crippen LogP contribution < -0.4 is 5.32 Å². The Bertz CT molecular complexity index is 1170. The molecule has 35 heavy (non-hydrogen) atoms. The third-order valence-electron chi connectivity index (χ3n) is 6.38. The Labute approximate surface area is 202 Å². The number of nitrogens with zero attached hydrogens (tertiary/aromatic N) is 2. The van der Waals surface area contributed by atoms with Crippen molar-refractivity contribution < 1.29 is 29.0 Å². The summed E-state index contributed by atoms with van der Waals surface area (Å²) in [7, 11) is 1.47. The summed E-state index contributed by atoms with van der Waals surface area (Å²) in [4.78, 5) is 51.8. The molecule has 1 aliphatic carbocycles. The second kappa shape index (κ2) is 9.89. The molecule has 4 rings (SSSR count). The van der Waals surface area contributed by atoms with Crippen molar-refractivity contribution in [2.45, 2.75) is 24.4 Å². The molecule has 0 radical (unpaired) electrons. The van der Waals surface area contributed by atoms with Gasteiger partial charge in [0, 0.05) is 19.4 Å². The lowest BCUT2D eigenvalue weighted by atomic mass is 9.98. The van der Waals surface area contributed by atoms with E-state index in [-0.39, 0.29) is 25.5 Å². The Morgan fingerprint density at radius 1 is 1.14 bits per heavy atom. The molecule has 2 aliphatic rings. The molecular weight excluding hydrogens is 450 g/mol. The molecule has 0 aromatic heterocycles. The first-order valence-electron chi connectivity index (χ1n) is 11.1. The van der Waals surface area contributed by atoms with E-state index in [1.807, 2.05) is 48.5 Å². The molecule has 0 saturated carbocycles. The number of aliphatic carboxylic acids is 1. The van der Waals surface area contributed by atoms with E-state index in [4.69, 9.17) is 11.2 Å². The Hall–Kier alpha value is -4.32. The fraction of sp³-hybridized carbons (Fsp3) is 0.308. The van der Waals surface area contributed by atoms with Crippen LogP contribution in [0.1, 0.15) is 23.5 Å². The van der Waals surface area contributed by atoms with Crippen LogP contribution in [0.5, 0.6) is 0 Å². The van der Waals surface area contributed by atoms with Crippen LogP contribution in [0.4, 0.5) is 4.79 Å². The number of carbonyl (C=O) groups is 4. The van der Waals surface area contributed by atoms with Gasteiger partial charge in [0.2, 0.25) is 11.8 Å². The predicted molar refractivity (Wildman–Crippen MR) is 126 cm³/mol. The van der Waals surface area contributed by atoms with E-state index in [0.29, 0.717) is 0 Å². The topological polar surface area (TPSA) is 116 Å². The van der Waals surface area contributed by atoms with Crippen molar-refractivity contribution in [3.8, 4) is 23.5 Å². The van der Waals surface area contributed by atoms with Gasteiger partial charge >= 0.3 is 12.1 Å². The summed E-state index contributed by atoms with van der Waals surface area (Å²) >= 11 is 0. The van der Waals surface area contributed by atoms with Crippen molar-refractivity contribution in [3.63, 3.8) is 0 Å². The minimum absolute atomic E-state index is 0.0432. The zero-order valence-electron chi connectivity index (χ0n) is 19.1. The number of carbonyl (C=O) groups excluding carboxylic acids is 3. The fourth-order valence-corrected chi connectivity index (χ4v) is 4.58. The molecule has 1 fully saturated rings. The number of benzene rings is 2. The second-order valence-electron chi connectivity index (χ2n) is 8.53. The number of nitrogens with one attached hydrogen (secondary N) is 1. The van der Waals surface area contributed by atoms with Gasteiger partial charge in [-0.3, -0.25) is 9.59 Å². The highest BCUT2D eigenvalue weighted by Gasteiger charge is 2.40. The summed E-state index contributed by atoms with van der Waals surface area (Å²) in [5, 5.41) is 12.0. The van der Waals surface area contributed by atoms with Crippen LogP contribution in [0.3, 0.4) is 0 Å². The molecule has 2 aromatic rings. The van der Waals surface area contributed by atoms with Crippen LogP contribution in [0.15, 0.2) is 48.5 Å². The van der Waals surface area contributed by atoms with Gasteiger partial charge in [-0.15, -0.1) is 12.3 Å². The van der Waals surface area contributed by atoms with Crippen LogP contribution >= 0.6 is 0 Å². The molecule has 2 unspecified atom stereocenters. The maximum Gasteiger partial charge on any atom is 0.407 e. The molecule has 2 atom stereocenters. The Balaban J connectivity index is 1.45. The van der Waals surface area contributed by atoms with Crippen LogP contribution in [0, 0.1) is 12.3 Å². The molecule has 180 valence electrons. The molecule has 9 nitrogen and oxygen atoms in total. The van der Waals surface area contributed by atoms with Gasteiger partial charge in [-0.25, -0.2) is 9.59 Å². The zero-order chi connectivity index (χ0) is 25.1. The number of rotatable bonds is 6. The third kappa shape index (κ3) is 4.68. The smallest absolute Gasteiger partial charge is 0.407 e. The lowest BCUT2D eigenvalue weighted by molar-refractivity contribution is -0.159. The highest BCUT2D eigenvalue weighted by molar-refractivity contribution is 5.94. The number of amides is 3. The molecule has 1 saturated heterocycles. The van der Waals surface area contributed by atoms with Gasteiger partial charge < -0.3 is 25.0 Å². The number of alkyl carbamates (subject to hydrolysis) is 1. The van der Waals surface area contributed by atoms with Crippen molar-refractivity contribution in [2.75, 3.05) is 26.7 Å². The molecular formula is C26H25N3O6. The zero-order valence-corrected chi connectivity index (χ0v) is 19.1. The largest absolute Gasteiger partial charge is 0.480 e. The predicted octanol–water partition coefficient (Wildman–Crippen LogP) is 1.67. The first-order valence-corrected chi connectivity index (χ1v) is 11.1. The molecule has 9 heteroatoms. The normalized spacial score (nSPS) is 17.7. The van der Waals surface area contributed by atoms with E-state index in [2.05, 4.69) is 11.2 Å². The van der Waals surface area contributed by atoms with E-state index >= 15 is 0 Å². The number of hydrogen-bond donors (Lipinski definition) is 2. The van der Waals surface area contributed by atoms with E-state index in [9.17, 15) is 24.3 Å². The van der Waals surface area contributed by atoms with Crippen molar-refractivity contribution in [1.29, 1.82) is 0 Å². The lowest BCUT2D eigenvalue weighted by Gasteiger charge is -2.38. The quantitative estimate of drug-likeness (QED) is 0.614. The Morgan fingerprint density at radius 3 is 2.31 bits per heavy atom. The van der Waals surface area contributed by atoms with Gasteiger partial charge in [-0.05, 0) is 22.3 Å². The van der Waals surface area contributed by atoms with E-state index in [1.54, 1.807) is 0 Å². The van der Waals surface area contributed by atoms with Gasteiger partial charge in [0.05, 0.1) is 6.54 Å². The first-order chi connectivity index (χ1) is 16.8. The van der Waals surface area contributed by atoms with Crippen molar-refractivity contribution in [1.82, 2.24) is 15.1 Å². The second-order valence-corrected chi connectivity index (χ2v) is 8.53. The highest BCUT2D eigenvalue weighted by atomic mass is 16.5. The number of ether oxygens (including phenoxy) is 1. The molecule has 2 N–H and O–H groups in total. The molecule has 1 heterocycles. The average molecular weight is 476 g/mol. The van der Waals surface area contributed by atoms with Crippen molar-refractivity contribution in [2.24, 2.45) is 0 Å². The van der Waals surface area contributed by atoms with Crippen molar-refractivity contribution in [3.05, 3.63) is 59.7 Å². The third-order valence-corrected chi connectivity index (χ3v) is 6.38. The van der Waals surface area contributed by atoms with Gasteiger partial charge in [0.25, 0.3) is 0 Å². The average Bonchev–Trinajstić information content (AvgIpc) is 3.17. The minimum atomic E-state index is -1.25. The monoisotopic (exact) mass is 475 g/mol. The van der Waals surface area contributed by atoms with Crippen LogP contribution in [-0.2, 0) is 19.1 Å². The minimum Gasteiger partial charge on any atom is -0.480 e. The van der Waals surface area contributed by atoms with Gasteiger partial charge in [0.1, 0.15) is 25.2 Å². The highest BCUT2D eigenvalue weighted by Crippen LogP contribution is 2.44. The number of hydrogen-bond acceptors (Lipinski definition) is 5. The SMILES string of the molecule is C#CCC(NC(=O)OCC1c2ccccc2-c2ccccc21)C(=O)N1CC(=O)N(C)CC1C(=O)O. The number of carboxylic acid groups (broad SMARTS) is 1. The lowest BCUT2D eigenvalue weighted by Crippen LogP contribution is -2.63. The van der Waals surface area contributed by atoms with Crippen LogP contribution in [-0.4, -0.2) is 77.6 Å². The standard InChI is InChI=1S/C26H25N3O6/c1-3-8-21(24(31)29-14-23(30)28(2)13-22(29)25(32)33)27-26(34)35-15-20-18-11-6-4-9-16(18)17-10-5-7-12-19(17)20/h1,4-7,9-12,20-22H,8,13-15H2,2H3,(H,27,34)(H,32,33). The number of piperazine rings is 1. The Morgan fingerprint density at radius 2 is 1.74 bits per heavy atom. The fourth-order valence-electron chi connectivity index (χ4n) is 4.58. The van der Waals surface area contributed by atoms with Gasteiger partial charge in [-0.2, -0.15) is 0 Å². The molecule has 1 aliphatic heterocycles. The van der Waals surface area contributed by atoms with Crippen LogP contribution in [0.2, 0.25) is 0 Å². The van der Waals surface area contributed by atoms with E-state index in [1.165, 1.54) is 11.9 Å². The summed E-state index contributed by atoms with van der Waals surface area (Å²) < 4.78 is 5.49. The molecule has 3 amide bonds. The molecule has 2 aromatic carbocycles. The maximum absolute atomic E-state index is 13.1. The summed E-state index contributed by atoms with van der Waals surface area (Å²) in [5.74, 6) is -0.248. The van der Waals surface area contributed by atoms with Gasteiger partial charge in [-0.1, -0.05) is 48.5 Å². The summed E-state index contributed by atoms with van der Waals surface area (Å²) in [6, 6.07) is 13.3. The summed E-state index contributed by atoms with van der Waals surface area (Å²) in [5.41, 5.74) is 4.24. The number of fused-ring (bicyclic) bond motifs is 3. The first kappa shape index (κ1) is 23.8.